The van der Waals surface area contributed by atoms with Gasteiger partial charge in [-0.1, -0.05) is 26.0 Å². The Morgan fingerprint density at radius 2 is 1.71 bits per heavy atom. The summed E-state index contributed by atoms with van der Waals surface area (Å²) in [5.41, 5.74) is -4.16. The number of benzene rings is 1. The van der Waals surface area contributed by atoms with E-state index in [1.54, 1.807) is 30.3 Å². The van der Waals surface area contributed by atoms with E-state index < -0.39 is 16.0 Å². The monoisotopic (exact) mass is 372 g/mol. The summed E-state index contributed by atoms with van der Waals surface area (Å²) in [6.07, 6.45) is 0. The molecule has 1 aromatic carbocycles. The van der Waals surface area contributed by atoms with Crippen molar-refractivity contribution >= 4 is 20.6 Å². The van der Waals surface area contributed by atoms with Gasteiger partial charge in [0.05, 0.1) is 10.5 Å². The molecule has 0 aliphatic carbocycles. The molecule has 0 aliphatic heterocycles. The van der Waals surface area contributed by atoms with Gasteiger partial charge >= 0.3 is 5.51 Å². The molecule has 0 radical (unpaired) electrons. The lowest BCUT2D eigenvalue weighted by Gasteiger charge is -2.01. The minimum absolute atomic E-state index is 0. The van der Waals surface area contributed by atoms with Crippen LogP contribution in [0.25, 0.3) is 10.1 Å². The van der Waals surface area contributed by atoms with Gasteiger partial charge in [-0.25, -0.2) is 0 Å². The maximum absolute atomic E-state index is 13.0. The average molecular weight is 372 g/mol. The Morgan fingerprint density at radius 3 is 2.24 bits per heavy atom. The van der Waals surface area contributed by atoms with Gasteiger partial charge in [0.25, 0.3) is 0 Å². The van der Waals surface area contributed by atoms with Gasteiger partial charge in [-0.2, -0.15) is 0 Å². The Morgan fingerprint density at radius 1 is 1.12 bits per heavy atom. The van der Waals surface area contributed by atoms with Gasteiger partial charge in [0, 0.05) is 17.4 Å². The van der Waals surface area contributed by atoms with E-state index in [2.05, 4.69) is 0 Å². The second kappa shape index (κ2) is 5.14. The minimum Gasteiger partial charge on any atom is -1.00 e. The third kappa shape index (κ3) is 2.76. The van der Waals surface area contributed by atoms with Gasteiger partial charge in [-0.3, -0.25) is 0 Å². The lowest BCUT2D eigenvalue weighted by molar-refractivity contribution is -0.0868. The molecule has 2 aromatic rings. The molecule has 1 heterocycles. The Labute approximate surface area is 118 Å². The van der Waals surface area contributed by atoms with Crippen LogP contribution < -0.4 is 24.0 Å². The number of rotatable bonds is 1. The quantitative estimate of drug-likeness (QED) is 0.532. The summed E-state index contributed by atoms with van der Waals surface area (Å²) < 4.78 is 39.5. The predicted octanol–water partition coefficient (Wildman–Crippen LogP) is 2.19. The first-order chi connectivity index (χ1) is 7.41. The molecule has 94 valence electrons. The van der Waals surface area contributed by atoms with Crippen LogP contribution >= 0.6 is 10.5 Å². The summed E-state index contributed by atoms with van der Waals surface area (Å²) in [5.74, 6) is -0.0719. The predicted molar refractivity (Wildman–Crippen MR) is 61.8 cm³/mol. The smallest absolute Gasteiger partial charge is 0.600 e. The number of fused-ring (bicyclic) bond motifs is 1. The third-order valence-electron chi connectivity index (χ3n) is 2.47. The topological polar surface area (TPSA) is 0 Å². The lowest BCUT2D eigenvalue weighted by Crippen LogP contribution is -3.00. The van der Waals surface area contributed by atoms with E-state index in [-0.39, 0.29) is 29.9 Å². The van der Waals surface area contributed by atoms with Crippen molar-refractivity contribution in [3.05, 3.63) is 35.2 Å². The molecule has 1 unspecified atom stereocenters. The molecule has 0 nitrogen and oxygen atoms in total. The van der Waals surface area contributed by atoms with Crippen LogP contribution in [0.4, 0.5) is 13.2 Å². The first kappa shape index (κ1) is 14.8. The number of hydrogen-bond acceptors (Lipinski definition) is 0. The van der Waals surface area contributed by atoms with Gasteiger partial charge in [0.15, 0.2) is 9.58 Å². The van der Waals surface area contributed by atoms with Crippen molar-refractivity contribution in [2.45, 2.75) is 25.3 Å². The molecule has 1 atom stereocenters. The molecular formula is C12H12F3IS. The standard InChI is InChI=1S/C12H12F3S.HI/c1-8(2)11-7-9-5-3-4-6-10(9)16(11)12(13,14)15;/h3-8H,1-2H3;1H/q+1;/p-1. The Kier molecular flexibility index (Phi) is 4.46. The fourth-order valence-electron chi connectivity index (χ4n) is 1.79. The second-order valence-electron chi connectivity index (χ2n) is 3.99. The van der Waals surface area contributed by atoms with E-state index in [0.717, 1.165) is 0 Å². The molecule has 1 aromatic heterocycles. The van der Waals surface area contributed by atoms with Crippen LogP contribution in [0.2, 0.25) is 0 Å². The van der Waals surface area contributed by atoms with Crippen molar-refractivity contribution in [2.24, 2.45) is 0 Å². The average Bonchev–Trinajstić information content (AvgIpc) is 2.55. The molecular weight excluding hydrogens is 360 g/mol. The summed E-state index contributed by atoms with van der Waals surface area (Å²) in [7, 11) is -1.73. The number of hydrogen-bond donors (Lipinski definition) is 0. The van der Waals surface area contributed by atoms with Gasteiger partial charge in [-0.15, -0.1) is 13.2 Å². The number of halogens is 4. The Hall–Kier alpha value is -0.300. The summed E-state index contributed by atoms with van der Waals surface area (Å²) in [5, 5.41) is 0.715. The molecule has 0 aliphatic rings. The van der Waals surface area contributed by atoms with Crippen LogP contribution in [-0.4, -0.2) is 0 Å². The second-order valence-corrected chi connectivity index (χ2v) is 5.98. The maximum Gasteiger partial charge on any atom is 0.600 e. The van der Waals surface area contributed by atoms with E-state index in [1.807, 2.05) is 13.8 Å². The Balaban J connectivity index is 0.00000144. The van der Waals surface area contributed by atoms with Crippen LogP contribution in [0.3, 0.4) is 0 Å². The van der Waals surface area contributed by atoms with E-state index in [4.69, 9.17) is 0 Å². The zero-order valence-electron chi connectivity index (χ0n) is 9.38. The van der Waals surface area contributed by atoms with Crippen LogP contribution in [0.15, 0.2) is 30.3 Å². The summed E-state index contributed by atoms with van der Waals surface area (Å²) in [4.78, 5) is 0.494. The van der Waals surface area contributed by atoms with Crippen LogP contribution in [-0.2, 0) is 5.51 Å². The molecule has 0 fully saturated rings. The van der Waals surface area contributed by atoms with Gasteiger partial charge in [-0.05, 0) is 12.1 Å². The van der Waals surface area contributed by atoms with Crippen LogP contribution in [0.1, 0.15) is 24.6 Å². The van der Waals surface area contributed by atoms with Gasteiger partial charge in [0.1, 0.15) is 0 Å². The minimum atomic E-state index is -4.16. The summed E-state index contributed by atoms with van der Waals surface area (Å²) in [6, 6.07) is 8.46. The Bertz CT molecular complexity index is 514. The molecule has 0 saturated carbocycles. The van der Waals surface area contributed by atoms with Crippen molar-refractivity contribution < 1.29 is 37.1 Å². The molecule has 5 heteroatoms. The van der Waals surface area contributed by atoms with E-state index in [1.165, 1.54) is 0 Å². The first-order valence-electron chi connectivity index (χ1n) is 5.03. The van der Waals surface area contributed by atoms with Crippen LogP contribution in [0.5, 0.6) is 0 Å². The highest BCUT2D eigenvalue weighted by molar-refractivity contribution is 7.38. The molecule has 2 rings (SSSR count). The van der Waals surface area contributed by atoms with Crippen LogP contribution in [0, 0.1) is 0 Å². The number of alkyl halides is 3. The number of thiophene rings is 1. The van der Waals surface area contributed by atoms with E-state index >= 15 is 0 Å². The molecule has 0 bridgehead atoms. The van der Waals surface area contributed by atoms with Gasteiger partial charge < -0.3 is 24.0 Å². The molecule has 0 saturated heterocycles. The summed E-state index contributed by atoms with van der Waals surface area (Å²) in [6.45, 7) is 3.62. The molecule has 0 amide bonds. The molecule has 0 N–H and O–H groups in total. The SMILES string of the molecule is CC(C)c1cc2ccccc2[s+]1C(F)(F)F.[I-]. The fourth-order valence-corrected chi connectivity index (χ4v) is 3.85. The van der Waals surface area contributed by atoms with Crippen molar-refractivity contribution in [1.82, 2.24) is 0 Å². The van der Waals surface area contributed by atoms with Crippen molar-refractivity contribution in [1.29, 1.82) is 0 Å². The van der Waals surface area contributed by atoms with E-state index in [9.17, 15) is 13.2 Å². The maximum atomic E-state index is 13.0. The summed E-state index contributed by atoms with van der Waals surface area (Å²) >= 11 is 0. The zero-order valence-corrected chi connectivity index (χ0v) is 12.4. The normalized spacial score (nSPS) is 12.9. The third-order valence-corrected chi connectivity index (χ3v) is 4.81. The lowest BCUT2D eigenvalue weighted by atomic mass is 10.1. The van der Waals surface area contributed by atoms with Crippen molar-refractivity contribution in [3.63, 3.8) is 0 Å². The highest BCUT2D eigenvalue weighted by Crippen LogP contribution is 2.52. The van der Waals surface area contributed by atoms with E-state index in [0.29, 0.717) is 15.0 Å². The van der Waals surface area contributed by atoms with Crippen molar-refractivity contribution in [2.75, 3.05) is 0 Å². The zero-order chi connectivity index (χ0) is 11.9. The first-order valence-corrected chi connectivity index (χ1v) is 6.25. The highest BCUT2D eigenvalue weighted by Gasteiger charge is 2.48. The molecule has 17 heavy (non-hydrogen) atoms. The fraction of sp³-hybridized carbons (Fsp3) is 0.333. The highest BCUT2D eigenvalue weighted by atomic mass is 127. The van der Waals surface area contributed by atoms with Crippen molar-refractivity contribution in [3.8, 4) is 0 Å². The van der Waals surface area contributed by atoms with Gasteiger partial charge in [0.2, 0.25) is 0 Å². The molecule has 0 spiro atoms. The largest absolute Gasteiger partial charge is 1.00 e.